The Bertz CT molecular complexity index is 76.0. The first-order chi connectivity index (χ1) is 4.66. The Morgan fingerprint density at radius 2 is 1.90 bits per heavy atom. The zero-order valence-electron chi connectivity index (χ0n) is 6.32. The average Bonchev–Trinajstić information content (AvgIpc) is 1.87. The summed E-state index contributed by atoms with van der Waals surface area (Å²) in [5.74, 6) is 0. The van der Waals surface area contributed by atoms with Crippen LogP contribution in [-0.4, -0.2) is 12.5 Å². The predicted octanol–water partition coefficient (Wildman–Crippen LogP) is 2.16. The van der Waals surface area contributed by atoms with Crippen LogP contribution in [0.15, 0.2) is 0 Å². The standard InChI is InChI=1S/C7H15F2N/c1-2-6(10)4-3-5-7(8)9/h6-7H,2-5,10H2,1H3/t6-/m1/s1. The van der Waals surface area contributed by atoms with Crippen LogP contribution in [0.4, 0.5) is 8.78 Å². The quantitative estimate of drug-likeness (QED) is 0.640. The van der Waals surface area contributed by atoms with E-state index in [2.05, 4.69) is 0 Å². The summed E-state index contributed by atoms with van der Waals surface area (Å²) in [4.78, 5) is 0. The van der Waals surface area contributed by atoms with Crippen molar-refractivity contribution in [1.82, 2.24) is 0 Å². The Hall–Kier alpha value is -0.180. The molecule has 1 atom stereocenters. The molecule has 0 fully saturated rings. The first-order valence-electron chi connectivity index (χ1n) is 3.70. The summed E-state index contributed by atoms with van der Waals surface area (Å²) in [6.45, 7) is 1.97. The molecule has 0 aromatic rings. The molecule has 0 saturated heterocycles. The number of rotatable bonds is 5. The maximum Gasteiger partial charge on any atom is 0.238 e. The minimum Gasteiger partial charge on any atom is -0.328 e. The lowest BCUT2D eigenvalue weighted by molar-refractivity contribution is 0.133. The lowest BCUT2D eigenvalue weighted by atomic mass is 10.1. The van der Waals surface area contributed by atoms with Crippen LogP contribution in [0.5, 0.6) is 0 Å². The Labute approximate surface area is 60.6 Å². The molecule has 10 heavy (non-hydrogen) atoms. The molecule has 0 radical (unpaired) electrons. The number of nitrogens with two attached hydrogens (primary N) is 1. The van der Waals surface area contributed by atoms with E-state index < -0.39 is 6.43 Å². The third kappa shape index (κ3) is 5.95. The fraction of sp³-hybridized carbons (Fsp3) is 1.00. The smallest absolute Gasteiger partial charge is 0.238 e. The summed E-state index contributed by atoms with van der Waals surface area (Å²) >= 11 is 0. The molecule has 0 aromatic heterocycles. The molecule has 0 unspecified atom stereocenters. The zero-order valence-corrected chi connectivity index (χ0v) is 6.32. The monoisotopic (exact) mass is 151 g/mol. The van der Waals surface area contributed by atoms with E-state index in [4.69, 9.17) is 5.73 Å². The molecule has 2 N–H and O–H groups in total. The van der Waals surface area contributed by atoms with Gasteiger partial charge in [0.2, 0.25) is 6.43 Å². The van der Waals surface area contributed by atoms with Gasteiger partial charge in [-0.05, 0) is 19.3 Å². The number of hydrogen-bond donors (Lipinski definition) is 1. The molecule has 0 aliphatic rings. The van der Waals surface area contributed by atoms with E-state index in [0.29, 0.717) is 6.42 Å². The van der Waals surface area contributed by atoms with Gasteiger partial charge >= 0.3 is 0 Å². The lowest BCUT2D eigenvalue weighted by Crippen LogP contribution is -2.18. The molecule has 0 rings (SSSR count). The molecule has 62 valence electrons. The minimum absolute atomic E-state index is 0.00625. The fourth-order valence-electron chi connectivity index (χ4n) is 0.738. The van der Waals surface area contributed by atoms with Crippen molar-refractivity contribution in [3.8, 4) is 0 Å². The van der Waals surface area contributed by atoms with Gasteiger partial charge in [0.1, 0.15) is 0 Å². The third-order valence-electron chi connectivity index (χ3n) is 1.52. The van der Waals surface area contributed by atoms with Crippen LogP contribution < -0.4 is 5.73 Å². The summed E-state index contributed by atoms with van der Waals surface area (Å²) in [7, 11) is 0. The molecular weight excluding hydrogens is 136 g/mol. The number of halogens is 2. The molecule has 0 heterocycles. The summed E-state index contributed by atoms with van der Waals surface area (Å²) in [5.41, 5.74) is 5.51. The van der Waals surface area contributed by atoms with Crippen molar-refractivity contribution in [3.05, 3.63) is 0 Å². The van der Waals surface area contributed by atoms with Gasteiger partial charge in [-0.3, -0.25) is 0 Å². The summed E-state index contributed by atoms with van der Waals surface area (Å²) in [6, 6.07) is 0.110. The minimum atomic E-state index is -2.16. The van der Waals surface area contributed by atoms with Crippen molar-refractivity contribution in [2.75, 3.05) is 0 Å². The molecule has 0 aromatic carbocycles. The Kier molecular flexibility index (Phi) is 5.49. The summed E-state index contributed by atoms with van der Waals surface area (Å²) in [6.07, 6.45) is -0.0196. The first kappa shape index (κ1) is 9.82. The Balaban J connectivity index is 3.03. The molecule has 3 heteroatoms. The van der Waals surface area contributed by atoms with Crippen LogP contribution in [0.2, 0.25) is 0 Å². The maximum atomic E-state index is 11.5. The van der Waals surface area contributed by atoms with E-state index in [1.54, 1.807) is 0 Å². The van der Waals surface area contributed by atoms with Crippen LogP contribution in [0, 0.1) is 0 Å². The van der Waals surface area contributed by atoms with Gasteiger partial charge in [-0.2, -0.15) is 0 Å². The van der Waals surface area contributed by atoms with E-state index in [-0.39, 0.29) is 12.5 Å². The average molecular weight is 151 g/mol. The Morgan fingerprint density at radius 1 is 1.30 bits per heavy atom. The van der Waals surface area contributed by atoms with E-state index in [0.717, 1.165) is 12.8 Å². The van der Waals surface area contributed by atoms with Crippen molar-refractivity contribution in [2.24, 2.45) is 5.73 Å². The first-order valence-corrected chi connectivity index (χ1v) is 3.70. The van der Waals surface area contributed by atoms with E-state index in [1.165, 1.54) is 0 Å². The van der Waals surface area contributed by atoms with Gasteiger partial charge in [0.05, 0.1) is 0 Å². The van der Waals surface area contributed by atoms with Gasteiger partial charge < -0.3 is 5.73 Å². The molecule has 0 aliphatic heterocycles. The zero-order chi connectivity index (χ0) is 7.98. The van der Waals surface area contributed by atoms with Gasteiger partial charge in [-0.1, -0.05) is 6.92 Å². The number of alkyl halides is 2. The highest BCUT2D eigenvalue weighted by atomic mass is 19.3. The second-order valence-corrected chi connectivity index (χ2v) is 2.49. The van der Waals surface area contributed by atoms with Crippen molar-refractivity contribution >= 4 is 0 Å². The van der Waals surface area contributed by atoms with E-state index in [9.17, 15) is 8.78 Å². The normalized spacial score (nSPS) is 14.1. The summed E-state index contributed by atoms with van der Waals surface area (Å²) < 4.78 is 23.1. The third-order valence-corrected chi connectivity index (χ3v) is 1.52. The Morgan fingerprint density at radius 3 is 2.30 bits per heavy atom. The van der Waals surface area contributed by atoms with Gasteiger partial charge in [0, 0.05) is 12.5 Å². The molecule has 0 aliphatic carbocycles. The van der Waals surface area contributed by atoms with Crippen LogP contribution in [0.3, 0.4) is 0 Å². The van der Waals surface area contributed by atoms with Crippen molar-refractivity contribution in [3.63, 3.8) is 0 Å². The molecule has 0 amide bonds. The SMILES string of the molecule is CC[C@@H](N)CCCC(F)F. The van der Waals surface area contributed by atoms with Crippen LogP contribution >= 0.6 is 0 Å². The highest BCUT2D eigenvalue weighted by Gasteiger charge is 2.03. The highest BCUT2D eigenvalue weighted by Crippen LogP contribution is 2.07. The second-order valence-electron chi connectivity index (χ2n) is 2.49. The van der Waals surface area contributed by atoms with E-state index >= 15 is 0 Å². The molecule has 1 nitrogen and oxygen atoms in total. The van der Waals surface area contributed by atoms with Crippen molar-refractivity contribution < 1.29 is 8.78 Å². The van der Waals surface area contributed by atoms with Gasteiger partial charge in [-0.15, -0.1) is 0 Å². The van der Waals surface area contributed by atoms with Crippen LogP contribution in [0.25, 0.3) is 0 Å². The predicted molar refractivity (Wildman–Crippen MR) is 38.1 cm³/mol. The largest absolute Gasteiger partial charge is 0.328 e. The van der Waals surface area contributed by atoms with Gasteiger partial charge in [0.15, 0.2) is 0 Å². The van der Waals surface area contributed by atoms with Crippen molar-refractivity contribution in [2.45, 2.75) is 45.1 Å². The molecule has 0 saturated carbocycles. The molecule has 0 spiro atoms. The van der Waals surface area contributed by atoms with Gasteiger partial charge in [0.25, 0.3) is 0 Å². The molecular formula is C7H15F2N. The maximum absolute atomic E-state index is 11.5. The summed E-state index contributed by atoms with van der Waals surface area (Å²) in [5, 5.41) is 0. The second kappa shape index (κ2) is 5.59. The lowest BCUT2D eigenvalue weighted by Gasteiger charge is -2.06. The van der Waals surface area contributed by atoms with Crippen LogP contribution in [0.1, 0.15) is 32.6 Å². The topological polar surface area (TPSA) is 26.0 Å². The number of hydrogen-bond acceptors (Lipinski definition) is 1. The van der Waals surface area contributed by atoms with Crippen molar-refractivity contribution in [1.29, 1.82) is 0 Å². The van der Waals surface area contributed by atoms with Crippen LogP contribution in [-0.2, 0) is 0 Å². The fourth-order valence-corrected chi connectivity index (χ4v) is 0.738. The van der Waals surface area contributed by atoms with Gasteiger partial charge in [-0.25, -0.2) is 8.78 Å². The highest BCUT2D eigenvalue weighted by molar-refractivity contribution is 4.58. The van der Waals surface area contributed by atoms with E-state index in [1.807, 2.05) is 6.92 Å². The molecule has 0 bridgehead atoms.